The minimum Gasteiger partial charge on any atom is -0.506 e. The third kappa shape index (κ3) is 1.26. The molecule has 0 aliphatic carbocycles. The Hall–Kier alpha value is -1.49. The molecule has 0 saturated carbocycles. The lowest BCUT2D eigenvalue weighted by Crippen LogP contribution is -1.95. The average molecular weight is 189 g/mol. The highest BCUT2D eigenvalue weighted by Crippen LogP contribution is 2.35. The van der Waals surface area contributed by atoms with Crippen molar-refractivity contribution in [3.05, 3.63) is 27.3 Å². The van der Waals surface area contributed by atoms with Crippen LogP contribution < -0.4 is 5.73 Å². The van der Waals surface area contributed by atoms with E-state index in [1.165, 1.54) is 0 Å². The molecule has 0 amide bonds. The zero-order valence-corrected chi connectivity index (χ0v) is 6.58. The summed E-state index contributed by atoms with van der Waals surface area (Å²) in [6.07, 6.45) is 0. The predicted molar refractivity (Wildman–Crippen MR) is 44.2 cm³/mol. The van der Waals surface area contributed by atoms with Crippen LogP contribution in [0, 0.1) is 10.1 Å². The van der Waals surface area contributed by atoms with Gasteiger partial charge in [-0.1, -0.05) is 11.6 Å². The summed E-state index contributed by atoms with van der Waals surface area (Å²) in [5.41, 5.74) is 4.72. The Balaban J connectivity index is 3.36. The molecular formula is C6H5ClN2O3. The Kier molecular flexibility index (Phi) is 2.05. The number of anilines is 1. The molecule has 3 N–H and O–H groups in total. The number of phenols is 1. The van der Waals surface area contributed by atoms with Gasteiger partial charge in [-0.3, -0.25) is 10.1 Å². The smallest absolute Gasteiger partial charge is 0.293 e. The highest BCUT2D eigenvalue weighted by atomic mass is 35.5. The quantitative estimate of drug-likeness (QED) is 0.397. The summed E-state index contributed by atoms with van der Waals surface area (Å²) in [5, 5.41) is 19.1. The third-order valence-corrected chi connectivity index (χ3v) is 1.73. The Morgan fingerprint density at radius 3 is 2.67 bits per heavy atom. The molecule has 0 aliphatic heterocycles. The van der Waals surface area contributed by atoms with Crippen LogP contribution in [0.5, 0.6) is 5.75 Å². The molecule has 0 heterocycles. The lowest BCUT2D eigenvalue weighted by atomic mass is 10.2. The molecule has 0 radical (unpaired) electrons. The number of aromatic hydroxyl groups is 1. The minimum atomic E-state index is -0.666. The first-order chi connectivity index (χ1) is 5.54. The fraction of sp³-hybridized carbons (Fsp3) is 0. The maximum Gasteiger partial charge on any atom is 0.293 e. The largest absolute Gasteiger partial charge is 0.506 e. The van der Waals surface area contributed by atoms with Crippen LogP contribution >= 0.6 is 11.6 Å². The third-order valence-electron chi connectivity index (χ3n) is 1.33. The zero-order valence-electron chi connectivity index (χ0n) is 5.82. The second-order valence-corrected chi connectivity index (χ2v) is 2.47. The number of nitro benzene ring substituents is 1. The number of hydrogen-bond donors (Lipinski definition) is 2. The van der Waals surface area contributed by atoms with E-state index in [2.05, 4.69) is 0 Å². The van der Waals surface area contributed by atoms with E-state index in [0.717, 1.165) is 12.1 Å². The molecule has 0 spiro atoms. The van der Waals surface area contributed by atoms with Gasteiger partial charge in [0.1, 0.15) is 16.5 Å². The van der Waals surface area contributed by atoms with Gasteiger partial charge in [-0.2, -0.15) is 0 Å². The van der Waals surface area contributed by atoms with Crippen molar-refractivity contribution in [2.75, 3.05) is 5.73 Å². The van der Waals surface area contributed by atoms with Crippen molar-refractivity contribution in [3.63, 3.8) is 0 Å². The number of nitrogens with zero attached hydrogens (tertiary/aromatic N) is 1. The van der Waals surface area contributed by atoms with Gasteiger partial charge in [0, 0.05) is 6.07 Å². The Bertz CT molecular complexity index is 340. The summed E-state index contributed by atoms with van der Waals surface area (Å²) in [6, 6.07) is 2.22. The molecule has 5 nitrogen and oxygen atoms in total. The zero-order chi connectivity index (χ0) is 9.30. The Labute approximate surface area is 72.5 Å². The molecule has 64 valence electrons. The Morgan fingerprint density at radius 1 is 1.58 bits per heavy atom. The second-order valence-electron chi connectivity index (χ2n) is 2.09. The summed E-state index contributed by atoms with van der Waals surface area (Å²) in [4.78, 5) is 9.60. The predicted octanol–water partition coefficient (Wildman–Crippen LogP) is 1.54. The standard InChI is InChI=1S/C6H5ClN2O3/c7-5-4(10)2-1-3(6(5)8)9(11)12/h1-2,10H,8H2. The Morgan fingerprint density at radius 2 is 2.17 bits per heavy atom. The molecule has 0 atom stereocenters. The van der Waals surface area contributed by atoms with Crippen LogP contribution in [0.4, 0.5) is 11.4 Å². The van der Waals surface area contributed by atoms with E-state index in [9.17, 15) is 10.1 Å². The monoisotopic (exact) mass is 188 g/mol. The molecule has 0 unspecified atom stereocenters. The van der Waals surface area contributed by atoms with Gasteiger partial charge in [0.25, 0.3) is 5.69 Å². The first-order valence-electron chi connectivity index (χ1n) is 2.95. The van der Waals surface area contributed by atoms with Gasteiger partial charge in [0.2, 0.25) is 0 Å². The van der Waals surface area contributed by atoms with E-state index >= 15 is 0 Å². The second kappa shape index (κ2) is 2.86. The first kappa shape index (κ1) is 8.61. The number of benzene rings is 1. The number of nitrogens with two attached hydrogens (primary N) is 1. The maximum atomic E-state index is 10.3. The van der Waals surface area contributed by atoms with Crippen LogP contribution in [0.1, 0.15) is 0 Å². The van der Waals surface area contributed by atoms with E-state index in [1.54, 1.807) is 0 Å². The molecule has 6 heteroatoms. The molecule has 1 rings (SSSR count). The molecular weight excluding hydrogens is 184 g/mol. The van der Waals surface area contributed by atoms with Crippen LogP contribution in [0.3, 0.4) is 0 Å². The van der Waals surface area contributed by atoms with Crippen molar-refractivity contribution < 1.29 is 10.0 Å². The van der Waals surface area contributed by atoms with Gasteiger partial charge in [-0.05, 0) is 6.07 Å². The maximum absolute atomic E-state index is 10.3. The van der Waals surface area contributed by atoms with E-state index in [-0.39, 0.29) is 22.1 Å². The number of phenolic OH excluding ortho intramolecular Hbond substituents is 1. The van der Waals surface area contributed by atoms with Gasteiger partial charge in [0.05, 0.1) is 4.92 Å². The summed E-state index contributed by atoms with van der Waals surface area (Å²) >= 11 is 5.45. The molecule has 12 heavy (non-hydrogen) atoms. The van der Waals surface area contributed by atoms with E-state index in [4.69, 9.17) is 22.4 Å². The van der Waals surface area contributed by atoms with Crippen molar-refractivity contribution in [1.82, 2.24) is 0 Å². The van der Waals surface area contributed by atoms with Crippen LogP contribution in [0.2, 0.25) is 5.02 Å². The van der Waals surface area contributed by atoms with E-state index < -0.39 is 4.92 Å². The van der Waals surface area contributed by atoms with Crippen molar-refractivity contribution >= 4 is 23.0 Å². The van der Waals surface area contributed by atoms with E-state index in [0.29, 0.717) is 0 Å². The minimum absolute atomic E-state index is 0.191. The summed E-state index contributed by atoms with van der Waals surface area (Å²) in [7, 11) is 0. The SMILES string of the molecule is Nc1c([N+](=O)[O-])ccc(O)c1Cl. The first-order valence-corrected chi connectivity index (χ1v) is 3.33. The number of nitro groups is 1. The molecule has 0 aliphatic rings. The number of nitrogen functional groups attached to an aromatic ring is 1. The number of halogens is 1. The highest BCUT2D eigenvalue weighted by Gasteiger charge is 2.16. The van der Waals surface area contributed by atoms with E-state index in [1.807, 2.05) is 0 Å². The van der Waals surface area contributed by atoms with Crippen molar-refractivity contribution in [2.24, 2.45) is 0 Å². The molecule has 0 saturated heterocycles. The lowest BCUT2D eigenvalue weighted by Gasteiger charge is -2.00. The molecule has 1 aromatic rings. The van der Waals surface area contributed by atoms with Gasteiger partial charge in [-0.15, -0.1) is 0 Å². The summed E-state index contributed by atoms with van der Waals surface area (Å²) in [5.74, 6) is -0.264. The van der Waals surface area contributed by atoms with Gasteiger partial charge in [0.15, 0.2) is 0 Å². The normalized spacial score (nSPS) is 9.75. The molecule has 0 bridgehead atoms. The molecule has 0 fully saturated rings. The summed E-state index contributed by atoms with van der Waals surface area (Å²) < 4.78 is 0. The molecule has 1 aromatic carbocycles. The van der Waals surface area contributed by atoms with Gasteiger partial charge < -0.3 is 10.8 Å². The average Bonchev–Trinajstić information content (AvgIpc) is 2.00. The van der Waals surface area contributed by atoms with Crippen LogP contribution in [-0.2, 0) is 0 Å². The van der Waals surface area contributed by atoms with Gasteiger partial charge >= 0.3 is 0 Å². The van der Waals surface area contributed by atoms with Crippen molar-refractivity contribution in [2.45, 2.75) is 0 Å². The lowest BCUT2D eigenvalue weighted by molar-refractivity contribution is -0.383. The fourth-order valence-electron chi connectivity index (χ4n) is 0.730. The molecule has 0 aromatic heterocycles. The van der Waals surface area contributed by atoms with Crippen LogP contribution in [0.25, 0.3) is 0 Å². The topological polar surface area (TPSA) is 89.4 Å². The van der Waals surface area contributed by atoms with Gasteiger partial charge in [-0.25, -0.2) is 0 Å². The highest BCUT2D eigenvalue weighted by molar-refractivity contribution is 6.35. The number of hydrogen-bond acceptors (Lipinski definition) is 4. The van der Waals surface area contributed by atoms with Crippen LogP contribution in [-0.4, -0.2) is 10.0 Å². The van der Waals surface area contributed by atoms with Crippen LogP contribution in [0.15, 0.2) is 12.1 Å². The van der Waals surface area contributed by atoms with Crippen molar-refractivity contribution in [1.29, 1.82) is 0 Å². The summed E-state index contributed by atoms with van der Waals surface area (Å²) in [6.45, 7) is 0. The fourth-order valence-corrected chi connectivity index (χ4v) is 0.890. The van der Waals surface area contributed by atoms with Crippen molar-refractivity contribution in [3.8, 4) is 5.75 Å². The number of rotatable bonds is 1.